The second-order valence-electron chi connectivity index (χ2n) is 20.8. The fraction of sp³-hybridized carbons (Fsp3) is 0.736. The minimum absolute atomic E-state index is 0.0879. The standard InChI is InChI=1S/C53H86F3N7O13/c1-12-33(6)45(62(9)44(32(4)5)49(68)60-48(67)43(31(2)3)61(8)27-17-13-14-21-41(64)58-26-16-15-19-37(57)50(69)70)40(74-10)30-42(65)63-28-18-20-39(63)46(75-11)34(7)47(66)59-38(51(71)72)29-35-22-24-36(25-23-35)76-52(73)53(54,55)56/h22-25,31-34,37-40,43-46H,12-21,26-30,57H2,1-11H3,(H,58,64)(H,59,66)(H,69,70)(H,71,72)(H,60,67,68)/t33-,34+,37-,38-,39-,40+,43-,44-,45-,46+/m0/s1. The summed E-state index contributed by atoms with van der Waals surface area (Å²) in [4.78, 5) is 109. The molecule has 1 saturated heterocycles. The first-order valence-corrected chi connectivity index (χ1v) is 26.4. The molecule has 432 valence electrons. The number of aliphatic carboxylic acids is 2. The molecule has 20 nitrogen and oxygen atoms in total. The van der Waals surface area contributed by atoms with Crippen molar-refractivity contribution in [3.8, 4) is 5.75 Å². The minimum Gasteiger partial charge on any atom is -0.480 e. The van der Waals surface area contributed by atoms with E-state index in [0.717, 1.165) is 18.6 Å². The number of carbonyl (C=O) groups excluding carboxylic acids is 6. The molecule has 1 aliphatic rings. The number of halogens is 3. The smallest absolute Gasteiger partial charge is 0.480 e. The van der Waals surface area contributed by atoms with E-state index in [2.05, 4.69) is 20.7 Å². The first kappa shape index (κ1) is 66.9. The Bertz CT molecular complexity index is 2050. The molecule has 1 aromatic carbocycles. The van der Waals surface area contributed by atoms with Crippen LogP contribution in [0.15, 0.2) is 24.3 Å². The number of nitrogens with zero attached hydrogens (tertiary/aromatic N) is 3. The van der Waals surface area contributed by atoms with Crippen molar-refractivity contribution in [2.75, 3.05) is 47.9 Å². The lowest BCUT2D eigenvalue weighted by molar-refractivity contribution is -0.189. The summed E-state index contributed by atoms with van der Waals surface area (Å²) in [7, 11) is 6.52. The molecular weight excluding hydrogens is 1000 g/mol. The molecule has 1 fully saturated rings. The van der Waals surface area contributed by atoms with Crippen molar-refractivity contribution < 1.29 is 76.0 Å². The first-order valence-electron chi connectivity index (χ1n) is 26.4. The Morgan fingerprint density at radius 1 is 0.829 bits per heavy atom. The lowest BCUT2D eigenvalue weighted by Gasteiger charge is -2.43. The van der Waals surface area contributed by atoms with Gasteiger partial charge in [-0.25, -0.2) is 9.59 Å². The van der Waals surface area contributed by atoms with Crippen LogP contribution in [-0.4, -0.2) is 175 Å². The Hall–Kier alpha value is -5.23. The van der Waals surface area contributed by atoms with Gasteiger partial charge >= 0.3 is 24.1 Å². The largest absolute Gasteiger partial charge is 0.491 e. The molecule has 0 saturated carbocycles. The van der Waals surface area contributed by atoms with Gasteiger partial charge in [0.05, 0.1) is 42.7 Å². The third-order valence-corrected chi connectivity index (χ3v) is 14.3. The van der Waals surface area contributed by atoms with Gasteiger partial charge in [0.25, 0.3) is 0 Å². The summed E-state index contributed by atoms with van der Waals surface area (Å²) in [5.74, 6) is -8.70. The van der Waals surface area contributed by atoms with Crippen molar-refractivity contribution in [1.29, 1.82) is 0 Å². The molecule has 0 spiro atoms. The molecule has 76 heavy (non-hydrogen) atoms. The highest BCUT2D eigenvalue weighted by atomic mass is 19.4. The zero-order valence-corrected chi connectivity index (χ0v) is 46.3. The van der Waals surface area contributed by atoms with E-state index < -0.39 is 102 Å². The van der Waals surface area contributed by atoms with Crippen molar-refractivity contribution in [2.45, 2.75) is 180 Å². The molecule has 1 heterocycles. The molecule has 0 radical (unpaired) electrons. The second kappa shape index (κ2) is 32.5. The molecule has 0 aliphatic carbocycles. The quantitative estimate of drug-likeness (QED) is 0.0314. The van der Waals surface area contributed by atoms with Crippen LogP contribution in [-0.2, 0) is 54.3 Å². The average molecular weight is 1090 g/mol. The normalized spacial score (nSPS) is 17.6. The number of likely N-dealkylation sites (N-methyl/N-ethyl adjacent to an activating group) is 2. The van der Waals surface area contributed by atoms with Crippen LogP contribution in [0.4, 0.5) is 13.2 Å². The van der Waals surface area contributed by atoms with Gasteiger partial charge in [-0.3, -0.25) is 43.9 Å². The fourth-order valence-electron chi connectivity index (χ4n) is 10.1. The number of carbonyl (C=O) groups is 8. The average Bonchev–Trinajstić information content (AvgIpc) is 3.83. The van der Waals surface area contributed by atoms with Gasteiger partial charge in [-0.15, -0.1) is 0 Å². The van der Waals surface area contributed by atoms with E-state index in [4.69, 9.17) is 20.3 Å². The van der Waals surface area contributed by atoms with E-state index in [1.165, 1.54) is 26.4 Å². The van der Waals surface area contributed by atoms with Gasteiger partial charge in [0.1, 0.15) is 17.8 Å². The molecule has 1 aromatic rings. The van der Waals surface area contributed by atoms with Gasteiger partial charge in [-0.2, -0.15) is 13.2 Å². The van der Waals surface area contributed by atoms with Crippen LogP contribution in [0.5, 0.6) is 5.75 Å². The van der Waals surface area contributed by atoms with Crippen LogP contribution in [0.25, 0.3) is 0 Å². The number of amides is 5. The van der Waals surface area contributed by atoms with Crippen LogP contribution >= 0.6 is 0 Å². The Balaban J connectivity index is 2.14. The fourth-order valence-corrected chi connectivity index (χ4v) is 10.1. The Morgan fingerprint density at radius 2 is 1.45 bits per heavy atom. The lowest BCUT2D eigenvalue weighted by Crippen LogP contribution is -2.60. The summed E-state index contributed by atoms with van der Waals surface area (Å²) in [6.07, 6.45) is -1.42. The molecule has 0 bridgehead atoms. The van der Waals surface area contributed by atoms with E-state index in [1.807, 2.05) is 58.4 Å². The first-order chi connectivity index (χ1) is 35.6. The van der Waals surface area contributed by atoms with E-state index in [1.54, 1.807) is 18.9 Å². The number of rotatable bonds is 34. The lowest BCUT2D eigenvalue weighted by atomic mass is 9.87. The SMILES string of the molecule is CC[C@H](C)[C@@H]([C@@H](CC(=O)N1CCC[C@H]1[C@H](OC)[C@@H](C)C(=O)N[C@@H](Cc1ccc(OC(=O)C(F)(F)F)cc1)C(=O)O)OC)N(C)[C@H](C(=O)NC(=O)[C@H](C(C)C)N(C)CCCCCC(=O)NCCCC[C@H](N)C(=O)O)C(C)C. The highest BCUT2D eigenvalue weighted by molar-refractivity contribution is 6.00. The maximum absolute atomic E-state index is 14.4. The zero-order chi connectivity index (χ0) is 57.6. The molecular formula is C53H86F3N7O13. The Kier molecular flexibility index (Phi) is 28.6. The second-order valence-corrected chi connectivity index (χ2v) is 20.8. The Labute approximate surface area is 446 Å². The summed E-state index contributed by atoms with van der Waals surface area (Å²) < 4.78 is 54.2. The third kappa shape index (κ3) is 21.0. The molecule has 0 aromatic heterocycles. The number of esters is 1. The van der Waals surface area contributed by atoms with E-state index >= 15 is 0 Å². The van der Waals surface area contributed by atoms with Gasteiger partial charge in [-0.05, 0) is 101 Å². The topological polar surface area (TPSA) is 277 Å². The maximum Gasteiger partial charge on any atom is 0.491 e. The van der Waals surface area contributed by atoms with Gasteiger partial charge in [0, 0.05) is 46.2 Å². The summed E-state index contributed by atoms with van der Waals surface area (Å²) in [5, 5.41) is 27.0. The highest BCUT2D eigenvalue weighted by Crippen LogP contribution is 2.31. The maximum atomic E-state index is 14.4. The molecule has 10 atom stereocenters. The summed E-state index contributed by atoms with van der Waals surface area (Å²) in [5.41, 5.74) is 5.85. The molecule has 23 heteroatoms. The zero-order valence-electron chi connectivity index (χ0n) is 46.3. The van der Waals surface area contributed by atoms with Gasteiger partial charge < -0.3 is 45.7 Å². The molecule has 1 aliphatic heterocycles. The number of hydrogen-bond acceptors (Lipinski definition) is 14. The summed E-state index contributed by atoms with van der Waals surface area (Å²) >= 11 is 0. The van der Waals surface area contributed by atoms with E-state index in [0.29, 0.717) is 83.0 Å². The molecule has 2 rings (SSSR count). The Morgan fingerprint density at radius 3 is 1.99 bits per heavy atom. The van der Waals surface area contributed by atoms with Crippen LogP contribution in [0.1, 0.15) is 125 Å². The molecule has 7 N–H and O–H groups in total. The van der Waals surface area contributed by atoms with Crippen molar-refractivity contribution in [3.63, 3.8) is 0 Å². The third-order valence-electron chi connectivity index (χ3n) is 14.3. The number of nitrogens with one attached hydrogen (secondary N) is 3. The van der Waals surface area contributed by atoms with Crippen LogP contribution in [0.3, 0.4) is 0 Å². The van der Waals surface area contributed by atoms with Crippen molar-refractivity contribution in [2.24, 2.45) is 29.4 Å². The number of carboxylic acid groups (broad SMARTS) is 2. The highest BCUT2D eigenvalue weighted by Gasteiger charge is 2.45. The van der Waals surface area contributed by atoms with E-state index in [-0.39, 0.29) is 42.4 Å². The number of benzene rings is 1. The number of methoxy groups -OCH3 is 2. The van der Waals surface area contributed by atoms with Crippen molar-refractivity contribution in [1.82, 2.24) is 30.7 Å². The predicted octanol–water partition coefficient (Wildman–Crippen LogP) is 4.54. The molecule has 0 unspecified atom stereocenters. The van der Waals surface area contributed by atoms with Gasteiger partial charge in [0.15, 0.2) is 0 Å². The summed E-state index contributed by atoms with van der Waals surface area (Å²) in [6, 6.07) is -0.161. The number of nitrogens with two attached hydrogens (primary N) is 1. The van der Waals surface area contributed by atoms with Gasteiger partial charge in [0.2, 0.25) is 29.5 Å². The van der Waals surface area contributed by atoms with Crippen LogP contribution in [0, 0.1) is 23.7 Å². The van der Waals surface area contributed by atoms with Crippen LogP contribution < -0.4 is 26.4 Å². The predicted molar refractivity (Wildman–Crippen MR) is 276 cm³/mol. The molecule has 5 amide bonds. The number of carboxylic acids is 2. The summed E-state index contributed by atoms with van der Waals surface area (Å²) in [6.45, 7) is 14.5. The number of likely N-dealkylation sites (tertiary alicyclic amines) is 1. The van der Waals surface area contributed by atoms with E-state index in [9.17, 15) is 56.6 Å². The van der Waals surface area contributed by atoms with Crippen molar-refractivity contribution >= 4 is 47.4 Å². The number of imide groups is 1. The number of alkyl halides is 3. The monoisotopic (exact) mass is 1090 g/mol. The van der Waals surface area contributed by atoms with Gasteiger partial charge in [-0.1, -0.05) is 73.4 Å². The van der Waals surface area contributed by atoms with Crippen molar-refractivity contribution in [3.05, 3.63) is 29.8 Å². The number of hydrogen-bond donors (Lipinski definition) is 6. The minimum atomic E-state index is -5.21. The number of unbranched alkanes of at least 4 members (excludes halogenated alkanes) is 3. The number of ether oxygens (including phenoxy) is 3. The van der Waals surface area contributed by atoms with Crippen LogP contribution in [0.2, 0.25) is 0 Å².